The Morgan fingerprint density at radius 1 is 1.24 bits per heavy atom. The highest BCUT2D eigenvalue weighted by Crippen LogP contribution is 2.38. The van der Waals surface area contributed by atoms with E-state index in [1.807, 2.05) is 0 Å². The van der Waals surface area contributed by atoms with E-state index in [1.165, 1.54) is 38.5 Å². The molecule has 2 aliphatic carbocycles. The Hall–Kier alpha value is -0.990. The molecular weight excluding hydrogens is 210 g/mol. The maximum absolute atomic E-state index is 4.65. The SMILES string of the molecule is Cc1cn(C2CC2)c(NC2CCCCC2C)n1. The van der Waals surface area contributed by atoms with Crippen molar-refractivity contribution in [3.63, 3.8) is 0 Å². The van der Waals surface area contributed by atoms with Crippen molar-refractivity contribution in [1.29, 1.82) is 0 Å². The highest BCUT2D eigenvalue weighted by Gasteiger charge is 2.28. The third-order valence-electron chi connectivity index (χ3n) is 4.22. The quantitative estimate of drug-likeness (QED) is 0.865. The van der Waals surface area contributed by atoms with Crippen LogP contribution in [0.2, 0.25) is 0 Å². The van der Waals surface area contributed by atoms with E-state index in [0.717, 1.165) is 23.6 Å². The molecule has 1 aromatic rings. The molecule has 94 valence electrons. The van der Waals surface area contributed by atoms with Gasteiger partial charge in [-0.15, -0.1) is 0 Å². The standard InChI is InChI=1S/C14H23N3/c1-10-5-3-4-6-13(10)16-14-15-11(2)9-17(14)12-7-8-12/h9-10,12-13H,3-8H2,1-2H3,(H,15,16). The van der Waals surface area contributed by atoms with Gasteiger partial charge >= 0.3 is 0 Å². The fraction of sp³-hybridized carbons (Fsp3) is 0.786. The minimum absolute atomic E-state index is 0.628. The minimum Gasteiger partial charge on any atom is -0.353 e. The second-order valence-corrected chi connectivity index (χ2v) is 5.86. The summed E-state index contributed by atoms with van der Waals surface area (Å²) in [4.78, 5) is 4.65. The van der Waals surface area contributed by atoms with Crippen LogP contribution in [0.15, 0.2) is 6.20 Å². The van der Waals surface area contributed by atoms with Gasteiger partial charge in [0.2, 0.25) is 5.95 Å². The molecular formula is C14H23N3. The van der Waals surface area contributed by atoms with E-state index in [4.69, 9.17) is 0 Å². The van der Waals surface area contributed by atoms with Crippen LogP contribution in [0.1, 0.15) is 57.2 Å². The van der Waals surface area contributed by atoms with Gasteiger partial charge in [-0.05, 0) is 38.5 Å². The lowest BCUT2D eigenvalue weighted by atomic mass is 9.86. The second-order valence-electron chi connectivity index (χ2n) is 5.86. The number of hydrogen-bond acceptors (Lipinski definition) is 2. The number of rotatable bonds is 3. The van der Waals surface area contributed by atoms with Gasteiger partial charge in [-0.3, -0.25) is 0 Å². The van der Waals surface area contributed by atoms with Crippen LogP contribution in [-0.4, -0.2) is 15.6 Å². The summed E-state index contributed by atoms with van der Waals surface area (Å²) in [5, 5.41) is 3.69. The first-order valence-corrected chi connectivity index (χ1v) is 7.06. The Morgan fingerprint density at radius 3 is 2.71 bits per heavy atom. The number of anilines is 1. The average Bonchev–Trinajstić information content (AvgIpc) is 3.07. The van der Waals surface area contributed by atoms with Crippen LogP contribution in [0.3, 0.4) is 0 Å². The molecule has 1 heterocycles. The van der Waals surface area contributed by atoms with Crippen LogP contribution in [0, 0.1) is 12.8 Å². The van der Waals surface area contributed by atoms with Crippen molar-refractivity contribution >= 4 is 5.95 Å². The van der Waals surface area contributed by atoms with Gasteiger partial charge in [0.15, 0.2) is 0 Å². The lowest BCUT2D eigenvalue weighted by Crippen LogP contribution is -2.31. The number of aryl methyl sites for hydroxylation is 1. The van der Waals surface area contributed by atoms with E-state index in [-0.39, 0.29) is 0 Å². The lowest BCUT2D eigenvalue weighted by molar-refractivity contribution is 0.347. The van der Waals surface area contributed by atoms with Crippen LogP contribution in [-0.2, 0) is 0 Å². The highest BCUT2D eigenvalue weighted by molar-refractivity contribution is 5.32. The Bertz CT molecular complexity index is 392. The molecule has 2 atom stereocenters. The molecule has 0 amide bonds. The molecule has 0 bridgehead atoms. The summed E-state index contributed by atoms with van der Waals surface area (Å²) in [6.45, 7) is 4.46. The van der Waals surface area contributed by atoms with Crippen molar-refractivity contribution in [3.8, 4) is 0 Å². The van der Waals surface area contributed by atoms with Gasteiger partial charge in [-0.2, -0.15) is 0 Å². The van der Waals surface area contributed by atoms with Crippen molar-refractivity contribution in [3.05, 3.63) is 11.9 Å². The van der Waals surface area contributed by atoms with E-state index >= 15 is 0 Å². The van der Waals surface area contributed by atoms with E-state index in [1.54, 1.807) is 0 Å². The molecule has 0 spiro atoms. The van der Waals surface area contributed by atoms with Crippen molar-refractivity contribution in [2.75, 3.05) is 5.32 Å². The fourth-order valence-corrected chi connectivity index (χ4v) is 2.95. The topological polar surface area (TPSA) is 29.9 Å². The first-order chi connectivity index (χ1) is 8.24. The van der Waals surface area contributed by atoms with Gasteiger partial charge in [0, 0.05) is 18.3 Å². The number of nitrogens with zero attached hydrogens (tertiary/aromatic N) is 2. The van der Waals surface area contributed by atoms with Crippen LogP contribution in [0.5, 0.6) is 0 Å². The molecule has 0 aromatic carbocycles. The second kappa shape index (κ2) is 4.35. The summed E-state index contributed by atoms with van der Waals surface area (Å²) < 4.78 is 2.36. The summed E-state index contributed by atoms with van der Waals surface area (Å²) in [6.07, 6.45) is 10.3. The Morgan fingerprint density at radius 2 is 2.00 bits per heavy atom. The third kappa shape index (κ3) is 2.33. The molecule has 1 aromatic heterocycles. The molecule has 3 heteroatoms. The van der Waals surface area contributed by atoms with Crippen LogP contribution in [0.25, 0.3) is 0 Å². The molecule has 0 saturated heterocycles. The van der Waals surface area contributed by atoms with Crippen molar-refractivity contribution in [2.45, 2.75) is 64.5 Å². The lowest BCUT2D eigenvalue weighted by Gasteiger charge is -2.30. The van der Waals surface area contributed by atoms with E-state index in [2.05, 4.69) is 34.9 Å². The largest absolute Gasteiger partial charge is 0.353 e. The molecule has 2 saturated carbocycles. The van der Waals surface area contributed by atoms with Crippen LogP contribution in [0.4, 0.5) is 5.95 Å². The number of nitrogens with one attached hydrogen (secondary N) is 1. The van der Waals surface area contributed by atoms with Gasteiger partial charge in [0.1, 0.15) is 0 Å². The molecule has 17 heavy (non-hydrogen) atoms. The molecule has 2 fully saturated rings. The van der Waals surface area contributed by atoms with Gasteiger partial charge < -0.3 is 9.88 Å². The maximum atomic E-state index is 4.65. The Labute approximate surface area is 104 Å². The molecule has 3 rings (SSSR count). The van der Waals surface area contributed by atoms with E-state index in [0.29, 0.717) is 6.04 Å². The summed E-state index contributed by atoms with van der Waals surface area (Å²) in [5.74, 6) is 1.90. The predicted octanol–water partition coefficient (Wildman–Crippen LogP) is 3.52. The summed E-state index contributed by atoms with van der Waals surface area (Å²) in [6, 6.07) is 1.35. The zero-order valence-electron chi connectivity index (χ0n) is 10.9. The molecule has 0 aliphatic heterocycles. The molecule has 3 nitrogen and oxygen atoms in total. The Balaban J connectivity index is 1.74. The van der Waals surface area contributed by atoms with Crippen molar-refractivity contribution in [2.24, 2.45) is 5.92 Å². The first kappa shape index (κ1) is 11.1. The normalized spacial score (nSPS) is 29.3. The molecule has 2 unspecified atom stereocenters. The fourth-order valence-electron chi connectivity index (χ4n) is 2.95. The van der Waals surface area contributed by atoms with Crippen LogP contribution >= 0.6 is 0 Å². The smallest absolute Gasteiger partial charge is 0.203 e. The first-order valence-electron chi connectivity index (χ1n) is 7.06. The van der Waals surface area contributed by atoms with E-state index < -0.39 is 0 Å². The zero-order valence-corrected chi connectivity index (χ0v) is 10.9. The van der Waals surface area contributed by atoms with E-state index in [9.17, 15) is 0 Å². The highest BCUT2D eigenvalue weighted by atomic mass is 15.2. The van der Waals surface area contributed by atoms with Crippen molar-refractivity contribution in [1.82, 2.24) is 9.55 Å². The average molecular weight is 233 g/mol. The third-order valence-corrected chi connectivity index (χ3v) is 4.22. The molecule has 0 radical (unpaired) electrons. The maximum Gasteiger partial charge on any atom is 0.203 e. The minimum atomic E-state index is 0.628. The predicted molar refractivity (Wildman–Crippen MR) is 70.3 cm³/mol. The van der Waals surface area contributed by atoms with Gasteiger partial charge in [0.25, 0.3) is 0 Å². The Kier molecular flexibility index (Phi) is 2.85. The summed E-state index contributed by atoms with van der Waals surface area (Å²) in [7, 11) is 0. The zero-order chi connectivity index (χ0) is 11.8. The van der Waals surface area contributed by atoms with Crippen LogP contribution < -0.4 is 5.32 Å². The van der Waals surface area contributed by atoms with Crippen molar-refractivity contribution < 1.29 is 0 Å². The molecule has 2 aliphatic rings. The molecule has 1 N–H and O–H groups in total. The van der Waals surface area contributed by atoms with Gasteiger partial charge in [0.05, 0.1) is 5.69 Å². The van der Waals surface area contributed by atoms with Gasteiger partial charge in [-0.25, -0.2) is 4.98 Å². The monoisotopic (exact) mass is 233 g/mol. The number of aromatic nitrogens is 2. The van der Waals surface area contributed by atoms with Gasteiger partial charge in [-0.1, -0.05) is 19.8 Å². The number of hydrogen-bond donors (Lipinski definition) is 1. The number of imidazole rings is 1. The summed E-state index contributed by atoms with van der Waals surface area (Å²) in [5.41, 5.74) is 1.14. The summed E-state index contributed by atoms with van der Waals surface area (Å²) >= 11 is 0.